The summed E-state index contributed by atoms with van der Waals surface area (Å²) in [6, 6.07) is 18.8. The van der Waals surface area contributed by atoms with E-state index in [0.29, 0.717) is 33.0 Å². The predicted octanol–water partition coefficient (Wildman–Crippen LogP) is 5.55. The molecule has 0 aliphatic rings. The molecule has 6 heteroatoms. The van der Waals surface area contributed by atoms with Crippen molar-refractivity contribution in [1.82, 2.24) is 9.55 Å². The first-order valence-electron chi connectivity index (χ1n) is 11.1. The summed E-state index contributed by atoms with van der Waals surface area (Å²) in [5.74, 6) is 1.47. The van der Waals surface area contributed by atoms with Crippen molar-refractivity contribution in [1.29, 1.82) is 0 Å². The first-order valence-corrected chi connectivity index (χ1v) is 11.1. The number of nitrogens with zero attached hydrogens (tertiary/aromatic N) is 2. The molecule has 0 aliphatic carbocycles. The molecular formula is C27H29FN2O3. The van der Waals surface area contributed by atoms with Crippen LogP contribution < -0.4 is 4.74 Å². The van der Waals surface area contributed by atoms with Gasteiger partial charge in [-0.3, -0.25) is 0 Å². The zero-order valence-electron chi connectivity index (χ0n) is 19.3. The molecule has 0 saturated carbocycles. The third-order valence-corrected chi connectivity index (χ3v) is 5.57. The van der Waals surface area contributed by atoms with Crippen LogP contribution in [0.1, 0.15) is 16.7 Å². The van der Waals surface area contributed by atoms with Crippen molar-refractivity contribution in [2.45, 2.75) is 20.4 Å². The lowest BCUT2D eigenvalue weighted by atomic mass is 10.0. The highest BCUT2D eigenvalue weighted by molar-refractivity contribution is 5.82. The summed E-state index contributed by atoms with van der Waals surface area (Å²) < 4.78 is 32.0. The third-order valence-electron chi connectivity index (χ3n) is 5.57. The number of para-hydroxylation sites is 2. The molecule has 5 nitrogen and oxygen atoms in total. The monoisotopic (exact) mass is 448 g/mol. The number of rotatable bonds is 10. The highest BCUT2D eigenvalue weighted by atomic mass is 19.1. The van der Waals surface area contributed by atoms with Gasteiger partial charge >= 0.3 is 0 Å². The van der Waals surface area contributed by atoms with E-state index in [-0.39, 0.29) is 5.82 Å². The van der Waals surface area contributed by atoms with Crippen LogP contribution in [0.2, 0.25) is 0 Å². The summed E-state index contributed by atoms with van der Waals surface area (Å²) in [4.78, 5) is 4.97. The van der Waals surface area contributed by atoms with Crippen LogP contribution in [0.4, 0.5) is 4.39 Å². The highest BCUT2D eigenvalue weighted by Crippen LogP contribution is 2.33. The van der Waals surface area contributed by atoms with Crippen molar-refractivity contribution in [3.05, 3.63) is 83.2 Å². The Bertz CT molecular complexity index is 1190. The van der Waals surface area contributed by atoms with Crippen LogP contribution in [0.25, 0.3) is 22.4 Å². The Hall–Kier alpha value is -3.22. The number of halogens is 1. The number of hydrogen-bond acceptors (Lipinski definition) is 4. The maximum Gasteiger partial charge on any atom is 0.141 e. The second-order valence-corrected chi connectivity index (χ2v) is 8.02. The van der Waals surface area contributed by atoms with Crippen LogP contribution in [-0.2, 0) is 16.0 Å². The Labute approximate surface area is 193 Å². The number of fused-ring (bicyclic) bond motifs is 1. The molecule has 0 amide bonds. The van der Waals surface area contributed by atoms with Gasteiger partial charge in [0, 0.05) is 19.2 Å². The first kappa shape index (κ1) is 23.0. The minimum absolute atomic E-state index is 0.235. The Morgan fingerprint density at radius 2 is 1.58 bits per heavy atom. The molecule has 0 fully saturated rings. The number of methoxy groups -OCH3 is 1. The zero-order chi connectivity index (χ0) is 23.2. The number of aromatic nitrogens is 2. The molecule has 0 spiro atoms. The molecule has 4 aromatic rings. The van der Waals surface area contributed by atoms with Crippen molar-refractivity contribution in [2.75, 3.05) is 33.5 Å². The van der Waals surface area contributed by atoms with E-state index >= 15 is 0 Å². The Morgan fingerprint density at radius 3 is 2.30 bits per heavy atom. The van der Waals surface area contributed by atoms with Gasteiger partial charge in [-0.1, -0.05) is 24.3 Å². The van der Waals surface area contributed by atoms with Gasteiger partial charge in [0.1, 0.15) is 24.0 Å². The molecule has 0 unspecified atom stereocenters. The third kappa shape index (κ3) is 5.41. The van der Waals surface area contributed by atoms with Crippen LogP contribution in [0.3, 0.4) is 0 Å². The molecule has 33 heavy (non-hydrogen) atoms. The van der Waals surface area contributed by atoms with E-state index in [9.17, 15) is 4.39 Å². The molecule has 0 aliphatic heterocycles. The van der Waals surface area contributed by atoms with Gasteiger partial charge in [-0.2, -0.15) is 0 Å². The van der Waals surface area contributed by atoms with E-state index < -0.39 is 0 Å². The van der Waals surface area contributed by atoms with Crippen LogP contribution in [0.15, 0.2) is 60.7 Å². The van der Waals surface area contributed by atoms with Crippen molar-refractivity contribution in [3.8, 4) is 17.1 Å². The van der Waals surface area contributed by atoms with Crippen molar-refractivity contribution in [2.24, 2.45) is 0 Å². The van der Waals surface area contributed by atoms with E-state index in [1.54, 1.807) is 7.11 Å². The van der Waals surface area contributed by atoms with Crippen molar-refractivity contribution >= 4 is 11.0 Å². The lowest BCUT2D eigenvalue weighted by Gasteiger charge is -2.16. The van der Waals surface area contributed by atoms with Gasteiger partial charge in [-0.25, -0.2) is 9.37 Å². The Balaban J connectivity index is 1.63. The van der Waals surface area contributed by atoms with Crippen LogP contribution >= 0.6 is 0 Å². The van der Waals surface area contributed by atoms with Gasteiger partial charge in [-0.15, -0.1) is 0 Å². The fourth-order valence-electron chi connectivity index (χ4n) is 4.02. The number of ether oxygens (including phenoxy) is 3. The second-order valence-electron chi connectivity index (χ2n) is 8.02. The largest absolute Gasteiger partial charge is 0.491 e. The van der Waals surface area contributed by atoms with Gasteiger partial charge in [0.2, 0.25) is 0 Å². The molecule has 172 valence electrons. The summed E-state index contributed by atoms with van der Waals surface area (Å²) in [6.45, 7) is 6.87. The first-order chi connectivity index (χ1) is 16.1. The number of aryl methyl sites for hydroxylation is 2. The average molecular weight is 449 g/mol. The topological polar surface area (TPSA) is 45.5 Å². The average Bonchev–Trinajstić information content (AvgIpc) is 3.15. The summed E-state index contributed by atoms with van der Waals surface area (Å²) in [7, 11) is 1.65. The molecule has 0 atom stereocenters. The zero-order valence-corrected chi connectivity index (χ0v) is 19.3. The summed E-state index contributed by atoms with van der Waals surface area (Å²) in [5.41, 5.74) is 6.24. The van der Waals surface area contributed by atoms with E-state index in [1.165, 1.54) is 12.1 Å². The van der Waals surface area contributed by atoms with Crippen LogP contribution in [0.5, 0.6) is 5.75 Å². The number of hydrogen-bond donors (Lipinski definition) is 0. The van der Waals surface area contributed by atoms with Crippen molar-refractivity contribution < 1.29 is 18.6 Å². The molecule has 0 saturated heterocycles. The lowest BCUT2D eigenvalue weighted by Crippen LogP contribution is -2.10. The molecule has 0 bridgehead atoms. The van der Waals surface area contributed by atoms with Gasteiger partial charge in [0.05, 0.1) is 30.9 Å². The smallest absolute Gasteiger partial charge is 0.141 e. The lowest BCUT2D eigenvalue weighted by molar-refractivity contribution is 0.0544. The fraction of sp³-hybridized carbons (Fsp3) is 0.296. The predicted molar refractivity (Wildman–Crippen MR) is 128 cm³/mol. The van der Waals surface area contributed by atoms with Crippen LogP contribution in [0, 0.1) is 19.7 Å². The molecule has 0 N–H and O–H groups in total. The van der Waals surface area contributed by atoms with E-state index in [1.807, 2.05) is 42.5 Å². The quantitative estimate of drug-likeness (QED) is 0.299. The van der Waals surface area contributed by atoms with Gasteiger partial charge in [0.15, 0.2) is 0 Å². The van der Waals surface area contributed by atoms with E-state index in [4.69, 9.17) is 19.2 Å². The number of imidazole rings is 1. The van der Waals surface area contributed by atoms with Crippen molar-refractivity contribution in [3.63, 3.8) is 0 Å². The minimum Gasteiger partial charge on any atom is -0.491 e. The summed E-state index contributed by atoms with van der Waals surface area (Å²) >= 11 is 0. The molecular weight excluding hydrogens is 419 g/mol. The maximum atomic E-state index is 13.4. The second kappa shape index (κ2) is 10.6. The van der Waals surface area contributed by atoms with E-state index in [2.05, 4.69) is 24.5 Å². The molecule has 1 heterocycles. The summed E-state index contributed by atoms with van der Waals surface area (Å²) in [6.07, 6.45) is 0. The molecule has 0 radical (unpaired) electrons. The standard InChI is InChI=1S/C27H29FN2O3/c1-19-16-23(33-15-14-32-13-12-31-3)17-20(2)26(19)27-29-24-6-4-5-7-25(24)30(27)18-21-8-10-22(28)11-9-21/h4-11,16-17H,12-15,18H2,1-3H3. The van der Waals surface area contributed by atoms with Gasteiger partial charge < -0.3 is 18.8 Å². The molecule has 3 aromatic carbocycles. The summed E-state index contributed by atoms with van der Waals surface area (Å²) in [5, 5.41) is 0. The Morgan fingerprint density at radius 1 is 0.879 bits per heavy atom. The minimum atomic E-state index is -0.235. The SMILES string of the molecule is COCCOCCOc1cc(C)c(-c2nc3ccccc3n2Cc2ccc(F)cc2)c(C)c1. The molecule has 1 aromatic heterocycles. The van der Waals surface area contributed by atoms with Gasteiger partial charge in [0.25, 0.3) is 0 Å². The Kier molecular flexibility index (Phi) is 7.37. The van der Waals surface area contributed by atoms with Gasteiger partial charge in [-0.05, 0) is 66.9 Å². The maximum absolute atomic E-state index is 13.4. The molecule has 4 rings (SSSR count). The fourth-order valence-corrected chi connectivity index (χ4v) is 4.02. The number of benzene rings is 3. The normalized spacial score (nSPS) is 11.3. The van der Waals surface area contributed by atoms with Crippen LogP contribution in [-0.4, -0.2) is 43.1 Å². The highest BCUT2D eigenvalue weighted by Gasteiger charge is 2.17. The van der Waals surface area contributed by atoms with E-state index in [0.717, 1.165) is 44.9 Å².